The van der Waals surface area contributed by atoms with E-state index in [0.717, 1.165) is 24.2 Å². The lowest BCUT2D eigenvalue weighted by Crippen LogP contribution is -2.32. The Kier molecular flexibility index (Phi) is 4.79. The second-order valence-electron chi connectivity index (χ2n) is 5.82. The lowest BCUT2D eigenvalue weighted by Gasteiger charge is -2.18. The van der Waals surface area contributed by atoms with Gasteiger partial charge in [0.1, 0.15) is 4.21 Å². The van der Waals surface area contributed by atoms with Crippen LogP contribution in [0.5, 0.6) is 0 Å². The third-order valence-electron chi connectivity index (χ3n) is 3.93. The molecule has 2 heterocycles. The van der Waals surface area contributed by atoms with Crippen molar-refractivity contribution in [2.24, 2.45) is 0 Å². The molecule has 0 spiro atoms. The molecule has 1 aliphatic rings. The van der Waals surface area contributed by atoms with E-state index in [4.69, 9.17) is 27.6 Å². The molecule has 0 radical (unpaired) electrons. The zero-order valence-electron chi connectivity index (χ0n) is 13.3. The van der Waals surface area contributed by atoms with Crippen molar-refractivity contribution in [3.63, 3.8) is 0 Å². The fraction of sp³-hybridized carbons (Fsp3) is 0.250. The van der Waals surface area contributed by atoms with Gasteiger partial charge in [-0.05, 0) is 37.1 Å². The Labute approximate surface area is 164 Å². The number of thiophene rings is 1. The summed E-state index contributed by atoms with van der Waals surface area (Å²) in [7, 11) is -3.67. The molecular weight excluding hydrogens is 417 g/mol. The molecular formula is C16H13Cl2N3O3S2. The highest BCUT2D eigenvalue weighted by Gasteiger charge is 2.39. The van der Waals surface area contributed by atoms with Gasteiger partial charge in [-0.3, -0.25) is 0 Å². The number of rotatable bonds is 6. The molecule has 26 heavy (non-hydrogen) atoms. The Morgan fingerprint density at radius 2 is 1.92 bits per heavy atom. The van der Waals surface area contributed by atoms with Crippen molar-refractivity contribution in [3.05, 3.63) is 51.6 Å². The molecule has 0 saturated heterocycles. The summed E-state index contributed by atoms with van der Waals surface area (Å²) in [5.74, 6) is 0.482. The molecule has 2 aromatic heterocycles. The summed E-state index contributed by atoms with van der Waals surface area (Å²) < 4.78 is 33.6. The number of hydrogen-bond acceptors (Lipinski definition) is 6. The number of sulfonamides is 1. The third-order valence-corrected chi connectivity index (χ3v) is 7.85. The zero-order valence-corrected chi connectivity index (χ0v) is 16.4. The van der Waals surface area contributed by atoms with Gasteiger partial charge in [-0.15, -0.1) is 21.5 Å². The molecule has 1 aromatic carbocycles. The predicted octanol–water partition coefficient (Wildman–Crippen LogP) is 4.46. The second-order valence-corrected chi connectivity index (χ2v) is 10.1. The first-order valence-corrected chi connectivity index (χ1v) is 10.8. The van der Waals surface area contributed by atoms with Gasteiger partial charge in [-0.1, -0.05) is 35.3 Å². The van der Waals surface area contributed by atoms with Crippen molar-refractivity contribution in [2.75, 3.05) is 0 Å². The number of nitrogens with zero attached hydrogens (tertiary/aromatic N) is 3. The maximum absolute atomic E-state index is 12.9. The Bertz CT molecular complexity index is 1040. The van der Waals surface area contributed by atoms with Gasteiger partial charge in [-0.25, -0.2) is 8.42 Å². The van der Waals surface area contributed by atoms with Gasteiger partial charge in [0.15, 0.2) is 0 Å². The second kappa shape index (κ2) is 6.94. The van der Waals surface area contributed by atoms with Gasteiger partial charge < -0.3 is 4.42 Å². The molecule has 3 aromatic rings. The normalized spacial score (nSPS) is 14.9. The van der Waals surface area contributed by atoms with Crippen molar-refractivity contribution in [3.8, 4) is 11.5 Å². The molecule has 1 fully saturated rings. The average molecular weight is 430 g/mol. The van der Waals surface area contributed by atoms with Crippen LogP contribution < -0.4 is 0 Å². The van der Waals surface area contributed by atoms with Crippen LogP contribution in [0.3, 0.4) is 0 Å². The van der Waals surface area contributed by atoms with Crippen LogP contribution in [-0.2, 0) is 16.6 Å². The van der Waals surface area contributed by atoms with Crippen molar-refractivity contribution in [2.45, 2.75) is 29.6 Å². The van der Waals surface area contributed by atoms with Crippen molar-refractivity contribution < 1.29 is 12.8 Å². The van der Waals surface area contributed by atoms with Crippen LogP contribution in [0.1, 0.15) is 18.7 Å². The maximum atomic E-state index is 12.9. The minimum atomic E-state index is -3.67. The van der Waals surface area contributed by atoms with Crippen LogP contribution in [0.4, 0.5) is 0 Å². The topological polar surface area (TPSA) is 76.3 Å². The van der Waals surface area contributed by atoms with E-state index in [-0.39, 0.29) is 28.6 Å². The molecule has 0 atom stereocenters. The summed E-state index contributed by atoms with van der Waals surface area (Å²) in [5.41, 5.74) is 0.610. The summed E-state index contributed by atoms with van der Waals surface area (Å²) in [6.07, 6.45) is 1.62. The van der Waals surface area contributed by atoms with E-state index in [1.807, 2.05) is 6.07 Å². The molecule has 0 unspecified atom stereocenters. The van der Waals surface area contributed by atoms with Gasteiger partial charge in [0, 0.05) is 6.04 Å². The summed E-state index contributed by atoms with van der Waals surface area (Å²) in [4.78, 5) is 0. The van der Waals surface area contributed by atoms with E-state index < -0.39 is 10.0 Å². The highest BCUT2D eigenvalue weighted by Crippen LogP contribution is 2.36. The van der Waals surface area contributed by atoms with Crippen LogP contribution in [0.2, 0.25) is 9.36 Å². The monoisotopic (exact) mass is 429 g/mol. The van der Waals surface area contributed by atoms with Gasteiger partial charge in [0.25, 0.3) is 10.0 Å². The van der Waals surface area contributed by atoms with Crippen molar-refractivity contribution >= 4 is 44.6 Å². The molecule has 1 saturated carbocycles. The zero-order chi connectivity index (χ0) is 18.3. The number of benzene rings is 1. The number of hydrogen-bond donors (Lipinski definition) is 0. The average Bonchev–Trinajstić information content (AvgIpc) is 3.16. The van der Waals surface area contributed by atoms with Crippen LogP contribution in [-0.4, -0.2) is 29.0 Å². The van der Waals surface area contributed by atoms with Crippen molar-refractivity contribution in [1.29, 1.82) is 0 Å². The summed E-state index contributed by atoms with van der Waals surface area (Å²) in [6.45, 7) is 0.0139. The largest absolute Gasteiger partial charge is 0.419 e. The Morgan fingerprint density at radius 3 is 2.58 bits per heavy atom. The minimum absolute atomic E-state index is 0.0139. The number of aromatic nitrogens is 2. The Hall–Kier alpha value is -1.45. The first-order chi connectivity index (χ1) is 12.4. The molecule has 0 N–H and O–H groups in total. The van der Waals surface area contributed by atoms with Crippen molar-refractivity contribution in [1.82, 2.24) is 14.5 Å². The van der Waals surface area contributed by atoms with E-state index >= 15 is 0 Å². The summed E-state index contributed by atoms with van der Waals surface area (Å²) in [6, 6.07) is 10.1. The fourth-order valence-corrected chi connectivity index (χ4v) is 5.98. The fourth-order valence-electron chi connectivity index (χ4n) is 2.52. The van der Waals surface area contributed by atoms with Gasteiger partial charge in [-0.2, -0.15) is 4.31 Å². The maximum Gasteiger partial charge on any atom is 0.253 e. The SMILES string of the molecule is O=S(=O)(c1ccc(Cl)s1)N(Cc1nnc(-c2ccccc2Cl)o1)C1CC1. The number of halogens is 2. The van der Waals surface area contributed by atoms with Crippen LogP contribution in [0, 0.1) is 0 Å². The van der Waals surface area contributed by atoms with E-state index in [9.17, 15) is 8.42 Å². The van der Waals surface area contributed by atoms with Crippen LogP contribution in [0.15, 0.2) is 45.0 Å². The summed E-state index contributed by atoms with van der Waals surface area (Å²) >= 11 is 13.1. The van der Waals surface area contributed by atoms with Gasteiger partial charge in [0.2, 0.25) is 11.8 Å². The standard InChI is InChI=1S/C16H13Cl2N3O3S2/c17-12-4-2-1-3-11(12)16-20-19-14(24-16)9-21(10-5-6-10)26(22,23)15-8-7-13(18)25-15/h1-4,7-8,10H,5-6,9H2. The molecule has 0 amide bonds. The molecule has 0 aliphatic heterocycles. The predicted molar refractivity (Wildman–Crippen MR) is 99.8 cm³/mol. The lowest BCUT2D eigenvalue weighted by atomic mass is 10.2. The van der Waals surface area contributed by atoms with E-state index in [1.54, 1.807) is 24.3 Å². The molecule has 1 aliphatic carbocycles. The molecule has 0 bridgehead atoms. The Balaban J connectivity index is 1.62. The first-order valence-electron chi connectivity index (χ1n) is 7.79. The Morgan fingerprint density at radius 1 is 1.15 bits per heavy atom. The molecule has 4 rings (SSSR count). The van der Waals surface area contributed by atoms with E-state index in [1.165, 1.54) is 10.4 Å². The van der Waals surface area contributed by atoms with Gasteiger partial charge >= 0.3 is 0 Å². The van der Waals surface area contributed by atoms with E-state index in [2.05, 4.69) is 10.2 Å². The molecule has 10 heteroatoms. The van der Waals surface area contributed by atoms with E-state index in [0.29, 0.717) is 14.9 Å². The minimum Gasteiger partial charge on any atom is -0.419 e. The third kappa shape index (κ3) is 3.52. The first kappa shape index (κ1) is 17.9. The quantitative estimate of drug-likeness (QED) is 0.577. The highest BCUT2D eigenvalue weighted by atomic mass is 35.5. The van der Waals surface area contributed by atoms with Gasteiger partial charge in [0.05, 0.1) is 21.5 Å². The van der Waals surface area contributed by atoms with Crippen LogP contribution in [0.25, 0.3) is 11.5 Å². The van der Waals surface area contributed by atoms with Crippen LogP contribution >= 0.6 is 34.5 Å². The smallest absolute Gasteiger partial charge is 0.253 e. The molecule has 6 nitrogen and oxygen atoms in total. The molecule has 136 valence electrons. The lowest BCUT2D eigenvalue weighted by molar-refractivity contribution is 0.352. The highest BCUT2D eigenvalue weighted by molar-refractivity contribution is 7.91. The summed E-state index contributed by atoms with van der Waals surface area (Å²) in [5, 5.41) is 8.48.